The van der Waals surface area contributed by atoms with E-state index < -0.39 is 0 Å². The molecule has 4 nitrogen and oxygen atoms in total. The van der Waals surface area contributed by atoms with Crippen molar-refractivity contribution in [2.75, 3.05) is 27.7 Å². The fourth-order valence-electron chi connectivity index (χ4n) is 2.25. The van der Waals surface area contributed by atoms with Crippen molar-refractivity contribution in [2.45, 2.75) is 19.5 Å². The third-order valence-electron chi connectivity index (χ3n) is 3.38. The number of aryl methyl sites for hydroxylation is 1. The largest absolute Gasteiger partial charge is 0.497 e. The van der Waals surface area contributed by atoms with Gasteiger partial charge in [-0.1, -0.05) is 12.1 Å². The average Bonchev–Trinajstić information content (AvgIpc) is 2.89. The molecular weight excluding hydrogens is 282 g/mol. The van der Waals surface area contributed by atoms with Gasteiger partial charge in [0.15, 0.2) is 0 Å². The molecule has 2 aromatic rings. The van der Waals surface area contributed by atoms with Crippen LogP contribution in [0.1, 0.15) is 22.3 Å². The number of ether oxygens (including phenoxy) is 1. The highest BCUT2D eigenvalue weighted by Crippen LogP contribution is 2.22. The number of likely N-dealkylation sites (N-methyl/N-ethyl adjacent to an activating group) is 1. The fourth-order valence-corrected chi connectivity index (χ4v) is 2.99. The second-order valence-electron chi connectivity index (χ2n) is 5.27. The Hall–Kier alpha value is -1.43. The Morgan fingerprint density at radius 3 is 2.81 bits per heavy atom. The molecule has 114 valence electrons. The summed E-state index contributed by atoms with van der Waals surface area (Å²) in [6.07, 6.45) is 0. The molecule has 0 saturated carbocycles. The first-order chi connectivity index (χ1) is 10.1. The Morgan fingerprint density at radius 1 is 1.38 bits per heavy atom. The van der Waals surface area contributed by atoms with Gasteiger partial charge in [0, 0.05) is 30.2 Å². The summed E-state index contributed by atoms with van der Waals surface area (Å²) in [6, 6.07) is 8.56. The van der Waals surface area contributed by atoms with E-state index in [1.807, 2.05) is 19.1 Å². The molecule has 2 rings (SSSR count). The number of nitrogens with one attached hydrogen (secondary N) is 1. The molecule has 0 aliphatic carbocycles. The van der Waals surface area contributed by atoms with Crippen LogP contribution in [-0.4, -0.2) is 37.6 Å². The summed E-state index contributed by atoms with van der Waals surface area (Å²) in [4.78, 5) is 6.69. The van der Waals surface area contributed by atoms with E-state index in [1.54, 1.807) is 18.4 Å². The number of nitrogens with zero attached hydrogens (tertiary/aromatic N) is 2. The van der Waals surface area contributed by atoms with E-state index in [-0.39, 0.29) is 0 Å². The van der Waals surface area contributed by atoms with Crippen LogP contribution in [0.2, 0.25) is 0 Å². The van der Waals surface area contributed by atoms with Crippen LogP contribution in [-0.2, 0) is 6.54 Å². The zero-order valence-electron chi connectivity index (χ0n) is 13.1. The number of aromatic nitrogens is 1. The molecule has 0 aliphatic rings. The Kier molecular flexibility index (Phi) is 5.73. The van der Waals surface area contributed by atoms with E-state index in [1.165, 1.54) is 5.56 Å². The van der Waals surface area contributed by atoms with Crippen molar-refractivity contribution in [3.63, 3.8) is 0 Å². The number of methoxy groups -OCH3 is 1. The maximum absolute atomic E-state index is 5.31. The topological polar surface area (TPSA) is 37.4 Å². The number of hydrogen-bond donors (Lipinski definition) is 1. The number of hydrogen-bond acceptors (Lipinski definition) is 5. The summed E-state index contributed by atoms with van der Waals surface area (Å²) in [6.45, 7) is 3.71. The second-order valence-corrected chi connectivity index (χ2v) is 6.21. The molecule has 1 heterocycles. The van der Waals surface area contributed by atoms with Gasteiger partial charge in [0.2, 0.25) is 0 Å². The van der Waals surface area contributed by atoms with Crippen LogP contribution in [0, 0.1) is 6.92 Å². The SMILES string of the molecule is COc1cccc(C(CNCc2nc(C)cs2)N(C)C)c1. The Balaban J connectivity index is 1.98. The summed E-state index contributed by atoms with van der Waals surface area (Å²) in [5.41, 5.74) is 2.34. The van der Waals surface area contributed by atoms with Gasteiger partial charge in [0.05, 0.1) is 7.11 Å². The fraction of sp³-hybridized carbons (Fsp3) is 0.438. The van der Waals surface area contributed by atoms with Crippen molar-refractivity contribution in [2.24, 2.45) is 0 Å². The third-order valence-corrected chi connectivity index (χ3v) is 4.35. The van der Waals surface area contributed by atoms with Gasteiger partial charge in [-0.15, -0.1) is 11.3 Å². The smallest absolute Gasteiger partial charge is 0.119 e. The Labute approximate surface area is 130 Å². The van der Waals surface area contributed by atoms with Crippen molar-refractivity contribution in [1.82, 2.24) is 15.2 Å². The highest BCUT2D eigenvalue weighted by Gasteiger charge is 2.14. The van der Waals surface area contributed by atoms with E-state index in [4.69, 9.17) is 4.74 Å². The molecule has 0 saturated heterocycles. The van der Waals surface area contributed by atoms with Crippen molar-refractivity contribution in [3.8, 4) is 5.75 Å². The van der Waals surface area contributed by atoms with E-state index in [9.17, 15) is 0 Å². The minimum absolute atomic E-state index is 0.307. The monoisotopic (exact) mass is 305 g/mol. The van der Waals surface area contributed by atoms with Crippen LogP contribution in [0.25, 0.3) is 0 Å². The highest BCUT2D eigenvalue weighted by molar-refractivity contribution is 7.09. The van der Waals surface area contributed by atoms with Gasteiger partial charge < -0.3 is 15.0 Å². The lowest BCUT2D eigenvalue weighted by molar-refractivity contribution is 0.287. The second kappa shape index (κ2) is 7.54. The van der Waals surface area contributed by atoms with Crippen LogP contribution in [0.3, 0.4) is 0 Å². The quantitative estimate of drug-likeness (QED) is 0.853. The zero-order valence-corrected chi connectivity index (χ0v) is 13.9. The molecular formula is C16H23N3OS. The van der Waals surface area contributed by atoms with Gasteiger partial charge in [-0.25, -0.2) is 4.98 Å². The number of benzene rings is 1. The van der Waals surface area contributed by atoms with Gasteiger partial charge in [-0.05, 0) is 38.7 Å². The van der Waals surface area contributed by atoms with Gasteiger partial charge in [-0.3, -0.25) is 0 Å². The summed E-state index contributed by atoms with van der Waals surface area (Å²) in [7, 11) is 5.89. The van der Waals surface area contributed by atoms with Gasteiger partial charge in [-0.2, -0.15) is 0 Å². The molecule has 0 spiro atoms. The molecule has 21 heavy (non-hydrogen) atoms. The van der Waals surface area contributed by atoms with E-state index >= 15 is 0 Å². The summed E-state index contributed by atoms with van der Waals surface area (Å²) >= 11 is 1.70. The summed E-state index contributed by atoms with van der Waals surface area (Å²) in [5, 5.41) is 6.72. The van der Waals surface area contributed by atoms with E-state index in [2.05, 4.69) is 46.8 Å². The van der Waals surface area contributed by atoms with Crippen LogP contribution in [0.5, 0.6) is 5.75 Å². The molecule has 1 N–H and O–H groups in total. The molecule has 0 amide bonds. The molecule has 1 atom stereocenters. The first-order valence-corrected chi connectivity index (χ1v) is 7.90. The Bertz CT molecular complexity index is 568. The molecule has 0 radical (unpaired) electrons. The van der Waals surface area contributed by atoms with E-state index in [0.29, 0.717) is 6.04 Å². The average molecular weight is 305 g/mol. The van der Waals surface area contributed by atoms with Crippen molar-refractivity contribution >= 4 is 11.3 Å². The first-order valence-electron chi connectivity index (χ1n) is 7.02. The normalized spacial score (nSPS) is 12.6. The van der Waals surface area contributed by atoms with Crippen LogP contribution in [0.4, 0.5) is 0 Å². The van der Waals surface area contributed by atoms with Gasteiger partial charge in [0.25, 0.3) is 0 Å². The maximum Gasteiger partial charge on any atom is 0.119 e. The lowest BCUT2D eigenvalue weighted by Gasteiger charge is -2.25. The first kappa shape index (κ1) is 15.9. The van der Waals surface area contributed by atoms with E-state index in [0.717, 1.165) is 29.5 Å². The molecule has 0 fully saturated rings. The highest BCUT2D eigenvalue weighted by atomic mass is 32.1. The molecule has 1 aromatic carbocycles. The zero-order chi connectivity index (χ0) is 15.2. The summed E-state index contributed by atoms with van der Waals surface area (Å²) < 4.78 is 5.31. The van der Waals surface area contributed by atoms with Crippen LogP contribution < -0.4 is 10.1 Å². The molecule has 1 aromatic heterocycles. The standard InChI is InChI=1S/C16H23N3OS/c1-12-11-21-16(18-12)10-17-9-15(19(2)3)13-6-5-7-14(8-13)20-4/h5-8,11,15,17H,9-10H2,1-4H3. The predicted molar refractivity (Wildman–Crippen MR) is 88.0 cm³/mol. The van der Waals surface area contributed by atoms with Crippen LogP contribution >= 0.6 is 11.3 Å². The minimum atomic E-state index is 0.307. The number of thiazole rings is 1. The van der Waals surface area contributed by atoms with Crippen LogP contribution in [0.15, 0.2) is 29.6 Å². The van der Waals surface area contributed by atoms with Crippen molar-refractivity contribution < 1.29 is 4.74 Å². The molecule has 5 heteroatoms. The van der Waals surface area contributed by atoms with Gasteiger partial charge >= 0.3 is 0 Å². The molecule has 1 unspecified atom stereocenters. The molecule has 0 aliphatic heterocycles. The third kappa shape index (κ3) is 4.52. The van der Waals surface area contributed by atoms with Gasteiger partial charge in [0.1, 0.15) is 10.8 Å². The van der Waals surface area contributed by atoms with Crippen molar-refractivity contribution in [1.29, 1.82) is 0 Å². The predicted octanol–water partition coefficient (Wildman–Crippen LogP) is 2.85. The van der Waals surface area contributed by atoms with Crippen molar-refractivity contribution in [3.05, 3.63) is 45.9 Å². The lowest BCUT2D eigenvalue weighted by atomic mass is 10.1. The maximum atomic E-state index is 5.31. The minimum Gasteiger partial charge on any atom is -0.497 e. The Morgan fingerprint density at radius 2 is 2.19 bits per heavy atom. The number of rotatable bonds is 7. The lowest BCUT2D eigenvalue weighted by Crippen LogP contribution is -2.30. The summed E-state index contributed by atoms with van der Waals surface area (Å²) in [5.74, 6) is 0.898. The molecule has 0 bridgehead atoms.